The Morgan fingerprint density at radius 1 is 1.24 bits per heavy atom. The number of aliphatic hydroxyl groups is 2. The van der Waals surface area contributed by atoms with Crippen molar-refractivity contribution in [3.63, 3.8) is 0 Å². The van der Waals surface area contributed by atoms with E-state index in [0.29, 0.717) is 25.8 Å². The van der Waals surface area contributed by atoms with Gasteiger partial charge in [-0.05, 0) is 56.9 Å². The Hall–Kier alpha value is -2.32. The number of ketones is 1. The Balaban J connectivity index is 1.55. The number of Topliss-reactive ketones (excluding diaryl/α,β-unsaturated/α-hetero) is 1. The van der Waals surface area contributed by atoms with Gasteiger partial charge in [0.15, 0.2) is 12.3 Å². The molecule has 8 atom stereocenters. The lowest BCUT2D eigenvalue weighted by molar-refractivity contribution is -0.219. The highest BCUT2D eigenvalue weighted by Crippen LogP contribution is 2.70. The van der Waals surface area contributed by atoms with Crippen molar-refractivity contribution < 1.29 is 33.7 Å². The first-order valence-corrected chi connectivity index (χ1v) is 13.4. The molecule has 4 rings (SSSR count). The standard InChI is InChI=1S/C29H40FNO6/c1-6-31-24(34)9-10-25(35)37-16-23(33)29(36)18(3)14-21-20-8-7-19-13-17(2)11-12-26(19,4)28(20,30)22(32)15-27(21,29)5/h11-13,18,20-22,32,36H,2,6-10,14-16H2,1,3-5H3,(H,31,34)/t18-,20+,21+,22+,26+,27+,28+,29+/m0/s1. The minimum atomic E-state index is -1.95. The maximum Gasteiger partial charge on any atom is 0.306 e. The number of ether oxygens (including phenoxy) is 1. The topological polar surface area (TPSA) is 113 Å². The van der Waals surface area contributed by atoms with Crippen LogP contribution in [0.2, 0.25) is 0 Å². The van der Waals surface area contributed by atoms with E-state index in [4.69, 9.17) is 4.74 Å². The number of allylic oxidation sites excluding steroid dienone is 5. The summed E-state index contributed by atoms with van der Waals surface area (Å²) in [6.45, 7) is 10.9. The SMILES string of the molecule is C=C1C=C[C@]2(C)C(=C1)CC[C@@H]1[C@H]3C[C@H](C)[C@@](O)(C(=O)COC(=O)CCC(=O)NCC)[C@]3(C)C[C@@H](O)[C@]12F. The van der Waals surface area contributed by atoms with E-state index >= 15 is 4.39 Å². The first-order chi connectivity index (χ1) is 17.3. The van der Waals surface area contributed by atoms with Crippen molar-refractivity contribution in [3.05, 3.63) is 36.0 Å². The summed E-state index contributed by atoms with van der Waals surface area (Å²) in [5, 5.41) is 25.9. The molecule has 0 unspecified atom stereocenters. The Morgan fingerprint density at radius 3 is 2.62 bits per heavy atom. The molecule has 0 saturated heterocycles. The predicted molar refractivity (Wildman–Crippen MR) is 136 cm³/mol. The molecule has 3 N–H and O–H groups in total. The van der Waals surface area contributed by atoms with Gasteiger partial charge in [0.05, 0.1) is 12.5 Å². The molecule has 8 heteroatoms. The van der Waals surface area contributed by atoms with Crippen molar-refractivity contribution in [3.8, 4) is 0 Å². The molecule has 0 heterocycles. The summed E-state index contributed by atoms with van der Waals surface area (Å²) in [5.74, 6) is -3.03. The van der Waals surface area contributed by atoms with Gasteiger partial charge in [-0.2, -0.15) is 0 Å². The number of fused-ring (bicyclic) bond motifs is 5. The summed E-state index contributed by atoms with van der Waals surface area (Å²) >= 11 is 0. The van der Waals surface area contributed by atoms with Gasteiger partial charge in [0, 0.05) is 29.7 Å². The molecule has 0 spiro atoms. The summed E-state index contributed by atoms with van der Waals surface area (Å²) in [7, 11) is 0. The normalized spacial score (nSPS) is 42.2. The lowest BCUT2D eigenvalue weighted by Gasteiger charge is -2.62. The maximum atomic E-state index is 17.3. The summed E-state index contributed by atoms with van der Waals surface area (Å²) in [6.07, 6.45) is 5.41. The molecule has 4 aliphatic rings. The highest BCUT2D eigenvalue weighted by atomic mass is 19.1. The van der Waals surface area contributed by atoms with Gasteiger partial charge in [0.2, 0.25) is 11.7 Å². The Kier molecular flexibility index (Phi) is 7.08. The second kappa shape index (κ2) is 9.45. The summed E-state index contributed by atoms with van der Waals surface area (Å²) in [5.41, 5.74) is -4.19. The number of carbonyl (C=O) groups is 3. The number of alkyl halides is 1. The van der Waals surface area contributed by atoms with Crippen LogP contribution in [0, 0.1) is 28.6 Å². The van der Waals surface area contributed by atoms with Gasteiger partial charge in [-0.25, -0.2) is 4.39 Å². The average Bonchev–Trinajstić information content (AvgIpc) is 3.04. The first-order valence-electron chi connectivity index (χ1n) is 13.4. The molecule has 37 heavy (non-hydrogen) atoms. The van der Waals surface area contributed by atoms with Gasteiger partial charge in [0.25, 0.3) is 0 Å². The number of rotatable bonds is 7. The van der Waals surface area contributed by atoms with Gasteiger partial charge in [-0.3, -0.25) is 14.4 Å². The fraction of sp³-hybridized carbons (Fsp3) is 0.690. The molecule has 3 saturated carbocycles. The van der Waals surface area contributed by atoms with Crippen molar-refractivity contribution in [2.75, 3.05) is 13.2 Å². The van der Waals surface area contributed by atoms with Crippen LogP contribution in [0.3, 0.4) is 0 Å². The quantitative estimate of drug-likeness (QED) is 0.447. The number of esters is 1. The maximum absolute atomic E-state index is 17.3. The van der Waals surface area contributed by atoms with E-state index < -0.39 is 58.4 Å². The predicted octanol–water partition coefficient (Wildman–Crippen LogP) is 3.35. The molecule has 0 aliphatic heterocycles. The summed E-state index contributed by atoms with van der Waals surface area (Å²) in [6, 6.07) is 0. The number of halogens is 1. The van der Waals surface area contributed by atoms with Crippen molar-refractivity contribution >= 4 is 17.7 Å². The van der Waals surface area contributed by atoms with Crippen LogP contribution in [0.1, 0.15) is 66.2 Å². The Labute approximate surface area is 218 Å². The van der Waals surface area contributed by atoms with Crippen LogP contribution in [-0.2, 0) is 19.1 Å². The zero-order valence-electron chi connectivity index (χ0n) is 22.3. The van der Waals surface area contributed by atoms with E-state index in [-0.39, 0.29) is 31.1 Å². The monoisotopic (exact) mass is 517 g/mol. The van der Waals surface area contributed by atoms with E-state index in [2.05, 4.69) is 11.9 Å². The molecular formula is C29H40FNO6. The van der Waals surface area contributed by atoms with Gasteiger partial charge in [-0.1, -0.05) is 44.2 Å². The molecule has 1 amide bonds. The fourth-order valence-corrected chi connectivity index (χ4v) is 8.05. The van der Waals surface area contributed by atoms with Gasteiger partial charge in [-0.15, -0.1) is 0 Å². The fourth-order valence-electron chi connectivity index (χ4n) is 8.05. The highest BCUT2D eigenvalue weighted by Gasteiger charge is 2.75. The highest BCUT2D eigenvalue weighted by molar-refractivity contribution is 5.91. The van der Waals surface area contributed by atoms with Crippen molar-refractivity contribution in [2.45, 2.75) is 83.6 Å². The largest absolute Gasteiger partial charge is 0.458 e. The van der Waals surface area contributed by atoms with Crippen LogP contribution in [0.4, 0.5) is 4.39 Å². The number of carbonyl (C=O) groups excluding carboxylic acids is 3. The minimum absolute atomic E-state index is 0.0508. The number of amides is 1. The number of nitrogens with one attached hydrogen (secondary N) is 1. The molecule has 204 valence electrons. The zero-order valence-corrected chi connectivity index (χ0v) is 22.3. The third-order valence-electron chi connectivity index (χ3n) is 10.0. The molecule has 0 aromatic heterocycles. The van der Waals surface area contributed by atoms with Crippen LogP contribution >= 0.6 is 0 Å². The second-order valence-electron chi connectivity index (χ2n) is 11.9. The Bertz CT molecular complexity index is 1070. The van der Waals surface area contributed by atoms with Crippen LogP contribution in [0.25, 0.3) is 0 Å². The smallest absolute Gasteiger partial charge is 0.306 e. The third kappa shape index (κ3) is 3.94. The molecule has 0 bridgehead atoms. The van der Waals surface area contributed by atoms with Crippen molar-refractivity contribution in [1.82, 2.24) is 5.32 Å². The molecule has 7 nitrogen and oxygen atoms in total. The van der Waals surface area contributed by atoms with Gasteiger partial charge in [0.1, 0.15) is 5.60 Å². The van der Waals surface area contributed by atoms with E-state index in [1.54, 1.807) is 26.8 Å². The number of hydrogen-bond acceptors (Lipinski definition) is 6. The van der Waals surface area contributed by atoms with E-state index in [1.807, 2.05) is 19.1 Å². The lowest BCUT2D eigenvalue weighted by atomic mass is 9.44. The number of aliphatic hydroxyl groups excluding tert-OH is 1. The van der Waals surface area contributed by atoms with Crippen molar-refractivity contribution in [1.29, 1.82) is 0 Å². The van der Waals surface area contributed by atoms with Gasteiger partial charge >= 0.3 is 5.97 Å². The zero-order chi connectivity index (χ0) is 27.4. The van der Waals surface area contributed by atoms with E-state index in [0.717, 1.165) is 11.1 Å². The van der Waals surface area contributed by atoms with Crippen LogP contribution in [-0.4, -0.2) is 58.4 Å². The number of hydrogen-bond donors (Lipinski definition) is 3. The van der Waals surface area contributed by atoms with Crippen LogP contribution in [0.15, 0.2) is 36.0 Å². The molecule has 0 aromatic rings. The van der Waals surface area contributed by atoms with E-state index in [9.17, 15) is 24.6 Å². The van der Waals surface area contributed by atoms with Gasteiger partial charge < -0.3 is 20.3 Å². The van der Waals surface area contributed by atoms with Crippen molar-refractivity contribution in [2.24, 2.45) is 28.6 Å². The molecule has 0 aromatic carbocycles. The summed E-state index contributed by atoms with van der Waals surface area (Å²) in [4.78, 5) is 37.2. The molecular weight excluding hydrogens is 477 g/mol. The lowest BCUT2D eigenvalue weighted by Crippen LogP contribution is -2.69. The van der Waals surface area contributed by atoms with E-state index in [1.165, 1.54) is 0 Å². The first kappa shape index (κ1) is 27.7. The average molecular weight is 518 g/mol. The van der Waals surface area contributed by atoms with Crippen LogP contribution in [0.5, 0.6) is 0 Å². The van der Waals surface area contributed by atoms with Crippen LogP contribution < -0.4 is 5.32 Å². The molecule has 4 aliphatic carbocycles. The Morgan fingerprint density at radius 2 is 1.95 bits per heavy atom. The minimum Gasteiger partial charge on any atom is -0.458 e. The third-order valence-corrected chi connectivity index (χ3v) is 10.0. The second-order valence-corrected chi connectivity index (χ2v) is 11.9. The summed E-state index contributed by atoms with van der Waals surface area (Å²) < 4.78 is 22.4. The molecule has 3 fully saturated rings. The molecule has 0 radical (unpaired) electrons.